The van der Waals surface area contributed by atoms with E-state index in [4.69, 9.17) is 16.3 Å². The number of nitro benzene ring substituents is 1. The summed E-state index contributed by atoms with van der Waals surface area (Å²) in [6.45, 7) is 2.70. The molecule has 1 unspecified atom stereocenters. The van der Waals surface area contributed by atoms with Gasteiger partial charge in [-0.1, -0.05) is 35.9 Å². The van der Waals surface area contributed by atoms with Crippen LogP contribution in [-0.2, 0) is 14.3 Å². The van der Waals surface area contributed by atoms with Crippen molar-refractivity contribution in [3.8, 4) is 0 Å². The predicted octanol–water partition coefficient (Wildman–Crippen LogP) is 2.94. The van der Waals surface area contributed by atoms with Crippen molar-refractivity contribution in [2.24, 2.45) is 0 Å². The molecular weight excluding hydrogens is 402 g/mol. The minimum atomic E-state index is -1.25. The predicted molar refractivity (Wildman–Crippen MR) is 106 cm³/mol. The molecule has 0 aliphatic carbocycles. The molecule has 2 amide bonds. The first kappa shape index (κ1) is 21.8. The fraction of sp³-hybridized carbons (Fsp3) is 0.211. The number of nitro groups is 1. The number of rotatable bonds is 7. The maximum Gasteiger partial charge on any atom is 0.329 e. The summed E-state index contributed by atoms with van der Waals surface area (Å²) < 4.78 is 5.04. The summed E-state index contributed by atoms with van der Waals surface area (Å²) in [6.07, 6.45) is -1.25. The molecule has 2 atom stereocenters. The molecule has 0 spiro atoms. The first-order valence-electron chi connectivity index (χ1n) is 8.51. The van der Waals surface area contributed by atoms with Gasteiger partial charge in [-0.15, -0.1) is 0 Å². The fourth-order valence-corrected chi connectivity index (χ4v) is 2.50. The van der Waals surface area contributed by atoms with Crippen LogP contribution in [-0.4, -0.2) is 34.9 Å². The molecule has 2 rings (SSSR count). The van der Waals surface area contributed by atoms with Crippen LogP contribution in [0.1, 0.15) is 24.2 Å². The van der Waals surface area contributed by atoms with Crippen LogP contribution in [0.4, 0.5) is 11.4 Å². The molecular formula is C19H18ClN3O6. The number of anilines is 1. The van der Waals surface area contributed by atoms with Gasteiger partial charge in [-0.2, -0.15) is 0 Å². The van der Waals surface area contributed by atoms with Crippen LogP contribution in [0.3, 0.4) is 0 Å². The van der Waals surface area contributed by atoms with Crippen LogP contribution >= 0.6 is 11.6 Å². The minimum Gasteiger partial charge on any atom is -0.451 e. The van der Waals surface area contributed by atoms with Crippen LogP contribution in [0.2, 0.25) is 5.02 Å². The molecule has 10 heteroatoms. The van der Waals surface area contributed by atoms with Crippen molar-refractivity contribution in [2.45, 2.75) is 26.0 Å². The van der Waals surface area contributed by atoms with Crippen molar-refractivity contribution >= 4 is 40.8 Å². The van der Waals surface area contributed by atoms with Crippen LogP contribution in [0.15, 0.2) is 48.5 Å². The van der Waals surface area contributed by atoms with Gasteiger partial charge in [0.2, 0.25) is 0 Å². The van der Waals surface area contributed by atoms with E-state index in [2.05, 4.69) is 10.6 Å². The van der Waals surface area contributed by atoms with E-state index >= 15 is 0 Å². The van der Waals surface area contributed by atoms with Crippen molar-refractivity contribution in [1.29, 1.82) is 0 Å². The fourth-order valence-electron chi connectivity index (χ4n) is 2.28. The lowest BCUT2D eigenvalue weighted by Crippen LogP contribution is -2.42. The molecule has 0 aliphatic rings. The van der Waals surface area contributed by atoms with Crippen LogP contribution < -0.4 is 10.6 Å². The van der Waals surface area contributed by atoms with Gasteiger partial charge < -0.3 is 15.4 Å². The summed E-state index contributed by atoms with van der Waals surface area (Å²) in [5.41, 5.74) is -0.124. The van der Waals surface area contributed by atoms with Crippen molar-refractivity contribution in [3.05, 3.63) is 69.2 Å². The van der Waals surface area contributed by atoms with Gasteiger partial charge in [0, 0.05) is 6.07 Å². The summed E-state index contributed by atoms with van der Waals surface area (Å²) in [7, 11) is 0. The van der Waals surface area contributed by atoms with E-state index in [-0.39, 0.29) is 22.0 Å². The lowest BCUT2D eigenvalue weighted by Gasteiger charge is -2.18. The highest BCUT2D eigenvalue weighted by molar-refractivity contribution is 6.33. The molecule has 0 radical (unpaired) electrons. The van der Waals surface area contributed by atoms with E-state index in [1.165, 1.54) is 50.2 Å². The first-order valence-corrected chi connectivity index (χ1v) is 8.88. The number of hydrogen-bond donors (Lipinski definition) is 2. The van der Waals surface area contributed by atoms with Gasteiger partial charge in [0.25, 0.3) is 17.5 Å². The van der Waals surface area contributed by atoms with E-state index in [1.807, 2.05) is 0 Å². The van der Waals surface area contributed by atoms with Gasteiger partial charge in [0.15, 0.2) is 6.10 Å². The Labute approximate surface area is 171 Å². The number of esters is 1. The van der Waals surface area contributed by atoms with E-state index in [0.29, 0.717) is 0 Å². The van der Waals surface area contributed by atoms with Gasteiger partial charge in [0.1, 0.15) is 11.7 Å². The number of ether oxygens (including phenoxy) is 1. The molecule has 2 aromatic carbocycles. The Morgan fingerprint density at radius 1 is 1.07 bits per heavy atom. The van der Waals surface area contributed by atoms with Gasteiger partial charge in [-0.3, -0.25) is 19.7 Å². The largest absolute Gasteiger partial charge is 0.451 e. The molecule has 0 aliphatic heterocycles. The van der Waals surface area contributed by atoms with Gasteiger partial charge in [0.05, 0.1) is 15.5 Å². The maximum absolute atomic E-state index is 12.2. The second-order valence-corrected chi connectivity index (χ2v) is 6.42. The number of nitrogens with zero attached hydrogens (tertiary/aromatic N) is 1. The highest BCUT2D eigenvalue weighted by atomic mass is 35.5. The quantitative estimate of drug-likeness (QED) is 0.403. The Morgan fingerprint density at radius 3 is 2.34 bits per heavy atom. The van der Waals surface area contributed by atoms with Gasteiger partial charge in [-0.05, 0) is 32.0 Å². The molecule has 0 saturated carbocycles. The van der Waals surface area contributed by atoms with Crippen LogP contribution in [0.25, 0.3) is 0 Å². The van der Waals surface area contributed by atoms with Gasteiger partial charge in [-0.25, -0.2) is 4.79 Å². The van der Waals surface area contributed by atoms with E-state index in [0.717, 1.165) is 0 Å². The highest BCUT2D eigenvalue weighted by Gasteiger charge is 2.25. The zero-order valence-electron chi connectivity index (χ0n) is 15.5. The van der Waals surface area contributed by atoms with E-state index in [1.54, 1.807) is 12.1 Å². The number of carbonyl (C=O) groups is 3. The third-order valence-corrected chi connectivity index (χ3v) is 4.17. The smallest absolute Gasteiger partial charge is 0.329 e. The summed E-state index contributed by atoms with van der Waals surface area (Å²) in [5, 5.41) is 16.0. The highest BCUT2D eigenvalue weighted by Crippen LogP contribution is 2.23. The number of amides is 2. The number of halogens is 1. The lowest BCUT2D eigenvalue weighted by atomic mass is 10.2. The Balaban J connectivity index is 1.95. The second kappa shape index (κ2) is 9.65. The average molecular weight is 420 g/mol. The van der Waals surface area contributed by atoms with Crippen molar-refractivity contribution < 1.29 is 24.0 Å². The number of nitrogens with one attached hydrogen (secondary N) is 2. The molecule has 0 aromatic heterocycles. The van der Waals surface area contributed by atoms with E-state index in [9.17, 15) is 24.5 Å². The number of benzene rings is 2. The third-order valence-electron chi connectivity index (χ3n) is 3.84. The number of carbonyl (C=O) groups excluding carboxylic acids is 3. The molecule has 9 nitrogen and oxygen atoms in total. The molecule has 0 bridgehead atoms. The standard InChI is InChI=1S/C19H18ClN3O6/c1-11(21-18(25)13-7-3-4-8-14(13)20)19(26)29-12(2)17(24)22-15-9-5-6-10-16(15)23(27)28/h3-12H,1-2H3,(H,21,25)(H,22,24)/t11-,12?/m0/s1. The Bertz CT molecular complexity index is 949. The zero-order chi connectivity index (χ0) is 21.6. The molecule has 29 heavy (non-hydrogen) atoms. The summed E-state index contributed by atoms with van der Waals surface area (Å²) in [5.74, 6) is -2.18. The van der Waals surface area contributed by atoms with Crippen molar-refractivity contribution in [1.82, 2.24) is 5.32 Å². The van der Waals surface area contributed by atoms with Crippen LogP contribution in [0, 0.1) is 10.1 Å². The Hall–Kier alpha value is -3.46. The molecule has 0 fully saturated rings. The molecule has 2 N–H and O–H groups in total. The Morgan fingerprint density at radius 2 is 1.69 bits per heavy atom. The molecule has 0 saturated heterocycles. The number of hydrogen-bond acceptors (Lipinski definition) is 6. The monoisotopic (exact) mass is 419 g/mol. The lowest BCUT2D eigenvalue weighted by molar-refractivity contribution is -0.383. The minimum absolute atomic E-state index is 0.0227. The molecule has 0 heterocycles. The first-order chi connectivity index (χ1) is 13.7. The topological polar surface area (TPSA) is 128 Å². The summed E-state index contributed by atoms with van der Waals surface area (Å²) in [4.78, 5) is 47.0. The Kier molecular flexibility index (Phi) is 7.27. The molecule has 152 valence electrons. The van der Waals surface area contributed by atoms with Gasteiger partial charge >= 0.3 is 5.97 Å². The summed E-state index contributed by atoms with van der Waals surface area (Å²) in [6, 6.07) is 10.8. The van der Waals surface area contributed by atoms with E-state index < -0.39 is 34.9 Å². The zero-order valence-corrected chi connectivity index (χ0v) is 16.3. The van der Waals surface area contributed by atoms with Crippen molar-refractivity contribution in [3.63, 3.8) is 0 Å². The average Bonchev–Trinajstić information content (AvgIpc) is 2.68. The van der Waals surface area contributed by atoms with Crippen LogP contribution in [0.5, 0.6) is 0 Å². The maximum atomic E-state index is 12.2. The molecule has 2 aromatic rings. The van der Waals surface area contributed by atoms with Crippen molar-refractivity contribution in [2.75, 3.05) is 5.32 Å². The third kappa shape index (κ3) is 5.76. The second-order valence-electron chi connectivity index (χ2n) is 6.02. The SMILES string of the molecule is CC(OC(=O)[C@H](C)NC(=O)c1ccccc1Cl)C(=O)Nc1ccccc1[N+](=O)[O-]. The normalized spacial score (nSPS) is 12.4. The summed E-state index contributed by atoms with van der Waals surface area (Å²) >= 11 is 5.94. The number of para-hydroxylation sites is 2.